The molecule has 7 rings (SSSR count). The Morgan fingerprint density at radius 2 is 0.871 bits per heavy atom. The van der Waals surface area contributed by atoms with Crippen LogP contribution >= 0.6 is 0 Å². The third-order valence-corrected chi connectivity index (χ3v) is 11.4. The third kappa shape index (κ3) is 11.2. The number of Topliss-reactive ketones (excluding diaryl/α,β-unsaturated/α-hetero) is 1. The molecule has 6 aromatic rings. The molecule has 7 heteroatoms. The minimum atomic E-state index is -0.406. The zero-order chi connectivity index (χ0) is 43.4. The lowest BCUT2D eigenvalue weighted by molar-refractivity contribution is -0.134. The van der Waals surface area contributed by atoms with Gasteiger partial charge in [0.05, 0.1) is 11.1 Å². The van der Waals surface area contributed by atoms with Gasteiger partial charge in [0.2, 0.25) is 0 Å². The van der Waals surface area contributed by atoms with E-state index >= 15 is 0 Å². The summed E-state index contributed by atoms with van der Waals surface area (Å²) >= 11 is 0. The summed E-state index contributed by atoms with van der Waals surface area (Å²) in [5.74, 6) is 0.618. The summed E-state index contributed by atoms with van der Waals surface area (Å²) in [6.45, 7) is 6.42. The fourth-order valence-electron chi connectivity index (χ4n) is 8.16. The Balaban J connectivity index is 0.889. The molecule has 0 bridgehead atoms. The molecule has 0 aromatic heterocycles. The molecule has 6 aromatic carbocycles. The smallest absolute Gasteiger partial charge is 0.343 e. The van der Waals surface area contributed by atoms with Gasteiger partial charge in [0.15, 0.2) is 0 Å². The molecule has 1 unspecified atom stereocenters. The average Bonchev–Trinajstić information content (AvgIpc) is 3.58. The first-order valence-corrected chi connectivity index (χ1v) is 22.0. The Bertz CT molecular complexity index is 2320. The third-order valence-electron chi connectivity index (χ3n) is 11.4. The van der Waals surface area contributed by atoms with Crippen LogP contribution < -0.4 is 14.2 Å². The molecule has 1 aliphatic carbocycles. The number of carbonyl (C=O) groups is 4. The number of ketones is 1. The highest BCUT2D eigenvalue weighted by atomic mass is 16.5. The summed E-state index contributed by atoms with van der Waals surface area (Å²) in [5, 5.41) is 0. The van der Waals surface area contributed by atoms with E-state index < -0.39 is 11.9 Å². The molecule has 0 amide bonds. The van der Waals surface area contributed by atoms with E-state index in [4.69, 9.17) is 14.2 Å². The number of ether oxygens (including phenoxy) is 3. The van der Waals surface area contributed by atoms with Crippen molar-refractivity contribution in [1.29, 1.82) is 0 Å². The highest BCUT2D eigenvalue weighted by Crippen LogP contribution is 2.48. The quantitative estimate of drug-likeness (QED) is 0.0592. The van der Waals surface area contributed by atoms with Crippen LogP contribution in [0.3, 0.4) is 0 Å². The van der Waals surface area contributed by atoms with Gasteiger partial charge in [-0.3, -0.25) is 9.59 Å². The van der Waals surface area contributed by atoms with Gasteiger partial charge in [-0.15, -0.1) is 0 Å². The van der Waals surface area contributed by atoms with Gasteiger partial charge < -0.3 is 14.2 Å². The molecular weight excluding hydrogens is 773 g/mol. The van der Waals surface area contributed by atoms with Gasteiger partial charge in [0.25, 0.3) is 0 Å². The SMILES string of the molecule is CCCc1ccc(C(=O)Oc2ccc(CCC(=O)Cc3ccc4c(c3)C(CCC)c3cc(OC(=O)CCc5ccc(OC(=O)c6ccc(CCC)cc6)cc5)ccc3-4)cc2)cc1. The summed E-state index contributed by atoms with van der Waals surface area (Å²) in [6, 6.07) is 41.8. The van der Waals surface area contributed by atoms with E-state index in [0.717, 1.165) is 71.9 Å². The number of esters is 3. The lowest BCUT2D eigenvalue weighted by Gasteiger charge is -2.14. The minimum absolute atomic E-state index is 0.139. The fourth-order valence-corrected chi connectivity index (χ4v) is 8.16. The van der Waals surface area contributed by atoms with Gasteiger partial charge in [-0.2, -0.15) is 0 Å². The van der Waals surface area contributed by atoms with Gasteiger partial charge in [-0.25, -0.2) is 9.59 Å². The summed E-state index contributed by atoms with van der Waals surface area (Å²) in [7, 11) is 0. The molecule has 0 fully saturated rings. The van der Waals surface area contributed by atoms with Crippen molar-refractivity contribution in [2.75, 3.05) is 0 Å². The maximum Gasteiger partial charge on any atom is 0.343 e. The first-order chi connectivity index (χ1) is 30.2. The van der Waals surface area contributed by atoms with E-state index in [0.29, 0.717) is 54.1 Å². The lowest BCUT2D eigenvalue weighted by atomic mass is 9.90. The maximum absolute atomic E-state index is 13.2. The van der Waals surface area contributed by atoms with E-state index in [2.05, 4.69) is 32.9 Å². The molecule has 0 N–H and O–H groups in total. The molecule has 62 heavy (non-hydrogen) atoms. The Morgan fingerprint density at radius 3 is 1.39 bits per heavy atom. The van der Waals surface area contributed by atoms with E-state index in [9.17, 15) is 19.2 Å². The van der Waals surface area contributed by atoms with E-state index in [1.165, 1.54) is 16.7 Å². The molecule has 0 aliphatic heterocycles. The van der Waals surface area contributed by atoms with Crippen molar-refractivity contribution in [3.63, 3.8) is 0 Å². The van der Waals surface area contributed by atoms with Crippen LogP contribution in [0.2, 0.25) is 0 Å². The molecule has 0 saturated carbocycles. The van der Waals surface area contributed by atoms with Crippen LogP contribution in [0.4, 0.5) is 0 Å². The van der Waals surface area contributed by atoms with Crippen molar-refractivity contribution in [3.05, 3.63) is 184 Å². The van der Waals surface area contributed by atoms with Gasteiger partial charge >= 0.3 is 17.9 Å². The number of hydrogen-bond donors (Lipinski definition) is 0. The van der Waals surface area contributed by atoms with Crippen molar-refractivity contribution in [1.82, 2.24) is 0 Å². The van der Waals surface area contributed by atoms with Crippen LogP contribution in [-0.4, -0.2) is 23.7 Å². The molecule has 0 heterocycles. The molecule has 316 valence electrons. The number of hydrogen-bond acceptors (Lipinski definition) is 7. The molecule has 7 nitrogen and oxygen atoms in total. The molecule has 0 saturated heterocycles. The Kier molecular flexibility index (Phi) is 14.6. The zero-order valence-electron chi connectivity index (χ0n) is 35.9. The molecular formula is C55H54O7. The van der Waals surface area contributed by atoms with E-state index in [1.54, 1.807) is 48.5 Å². The number of aryl methyl sites for hydroxylation is 4. The van der Waals surface area contributed by atoms with Crippen LogP contribution in [-0.2, 0) is 41.7 Å². The first-order valence-electron chi connectivity index (χ1n) is 22.0. The van der Waals surface area contributed by atoms with Crippen LogP contribution in [0.1, 0.15) is 125 Å². The van der Waals surface area contributed by atoms with Gasteiger partial charge in [-0.1, -0.05) is 113 Å². The second kappa shape index (κ2) is 20.8. The summed E-state index contributed by atoms with van der Waals surface area (Å²) in [5.41, 5.74) is 11.0. The average molecular weight is 827 g/mol. The molecule has 1 aliphatic rings. The van der Waals surface area contributed by atoms with Gasteiger partial charge in [-0.05, 0) is 143 Å². The predicted molar refractivity (Wildman–Crippen MR) is 243 cm³/mol. The van der Waals surface area contributed by atoms with Crippen LogP contribution in [0.5, 0.6) is 17.2 Å². The molecule has 0 spiro atoms. The number of carbonyl (C=O) groups excluding carboxylic acids is 4. The van der Waals surface area contributed by atoms with E-state index in [-0.39, 0.29) is 24.1 Å². The van der Waals surface area contributed by atoms with Crippen molar-refractivity contribution >= 4 is 23.7 Å². The molecule has 0 radical (unpaired) electrons. The number of benzene rings is 6. The van der Waals surface area contributed by atoms with Crippen LogP contribution in [0, 0.1) is 0 Å². The van der Waals surface area contributed by atoms with Crippen molar-refractivity contribution in [2.45, 2.75) is 97.3 Å². The Labute approximate surface area is 365 Å². The number of fused-ring (bicyclic) bond motifs is 3. The lowest BCUT2D eigenvalue weighted by Crippen LogP contribution is -2.10. The van der Waals surface area contributed by atoms with Crippen molar-refractivity contribution < 1.29 is 33.4 Å². The zero-order valence-corrected chi connectivity index (χ0v) is 35.9. The van der Waals surface area contributed by atoms with E-state index in [1.807, 2.05) is 72.8 Å². The standard InChI is InChI=1S/C55H54O7/c1-4-7-37-10-21-42(22-11-37)54(58)61-45-26-15-39(16-27-45)14-25-44(56)34-41-19-31-49-50-32-30-47(36-52(50)48(9-6-3)51(49)35-41)60-53(57)33-20-40-17-28-46(29-18-40)62-55(59)43-23-12-38(8-5-2)13-24-43/h10-13,15-19,21-24,26-32,35-36,48H,4-9,14,20,25,33-34H2,1-3H3. The second-order valence-electron chi connectivity index (χ2n) is 16.2. The summed E-state index contributed by atoms with van der Waals surface area (Å²) in [6.07, 6.45) is 7.99. The highest BCUT2D eigenvalue weighted by molar-refractivity contribution is 5.91. The van der Waals surface area contributed by atoms with Gasteiger partial charge in [0.1, 0.15) is 23.0 Å². The Hall–Kier alpha value is -6.60. The number of rotatable bonds is 19. The highest BCUT2D eigenvalue weighted by Gasteiger charge is 2.29. The van der Waals surface area contributed by atoms with Crippen molar-refractivity contribution in [3.8, 4) is 28.4 Å². The summed E-state index contributed by atoms with van der Waals surface area (Å²) < 4.78 is 17.0. The van der Waals surface area contributed by atoms with Crippen LogP contribution in [0.15, 0.2) is 133 Å². The van der Waals surface area contributed by atoms with Gasteiger partial charge in [0, 0.05) is 25.2 Å². The Morgan fingerprint density at radius 1 is 0.435 bits per heavy atom. The summed E-state index contributed by atoms with van der Waals surface area (Å²) in [4.78, 5) is 51.5. The largest absolute Gasteiger partial charge is 0.427 e. The normalized spacial score (nSPS) is 12.6. The fraction of sp³-hybridized carbons (Fsp3) is 0.273. The van der Waals surface area contributed by atoms with Crippen molar-refractivity contribution in [2.24, 2.45) is 0 Å². The topological polar surface area (TPSA) is 96.0 Å². The minimum Gasteiger partial charge on any atom is -0.427 e. The van der Waals surface area contributed by atoms with Crippen LogP contribution in [0.25, 0.3) is 11.1 Å². The second-order valence-corrected chi connectivity index (χ2v) is 16.2. The molecule has 1 atom stereocenters. The monoisotopic (exact) mass is 826 g/mol. The predicted octanol–water partition coefficient (Wildman–Crippen LogP) is 12.2. The first kappa shape index (κ1) is 43.5. The maximum atomic E-state index is 13.2.